The molecule has 2 aromatic rings. The molecule has 2 aliphatic heterocycles. The molecule has 1 amide bonds. The first-order chi connectivity index (χ1) is 12.6. The Bertz CT molecular complexity index is 789. The number of benzene rings is 1. The summed E-state index contributed by atoms with van der Waals surface area (Å²) in [6, 6.07) is 10.4. The fraction of sp³-hybridized carbons (Fsp3) is 0.450. The summed E-state index contributed by atoms with van der Waals surface area (Å²) in [5, 5.41) is 0. The van der Waals surface area contributed by atoms with Gasteiger partial charge in [0.1, 0.15) is 5.69 Å². The van der Waals surface area contributed by atoms with Crippen molar-refractivity contribution in [3.63, 3.8) is 0 Å². The predicted octanol–water partition coefficient (Wildman–Crippen LogP) is 3.86. The second-order valence-electron chi connectivity index (χ2n) is 7.23. The van der Waals surface area contributed by atoms with Gasteiger partial charge in [-0.05, 0) is 49.9 Å². The maximum atomic E-state index is 13.1. The number of nitrogens with zero attached hydrogens (tertiary/aromatic N) is 4. The van der Waals surface area contributed by atoms with Gasteiger partial charge in [0.25, 0.3) is 5.91 Å². The third-order valence-corrected chi connectivity index (χ3v) is 5.96. The lowest BCUT2D eigenvalue weighted by Gasteiger charge is -2.22. The highest BCUT2D eigenvalue weighted by Crippen LogP contribution is 2.33. The van der Waals surface area contributed by atoms with Crippen molar-refractivity contribution in [1.82, 2.24) is 14.9 Å². The van der Waals surface area contributed by atoms with E-state index in [0.29, 0.717) is 17.6 Å². The number of carbonyl (C=O) groups is 1. The Morgan fingerprint density at radius 3 is 2.62 bits per heavy atom. The fourth-order valence-corrected chi connectivity index (χ4v) is 4.24. The molecule has 2 aliphatic rings. The van der Waals surface area contributed by atoms with Crippen LogP contribution in [-0.2, 0) is 0 Å². The minimum absolute atomic E-state index is 0.0139. The van der Waals surface area contributed by atoms with Crippen LogP contribution in [0.1, 0.15) is 48.2 Å². The van der Waals surface area contributed by atoms with Crippen molar-refractivity contribution >= 4 is 27.8 Å². The van der Waals surface area contributed by atoms with E-state index in [-0.39, 0.29) is 11.9 Å². The molecule has 0 spiro atoms. The third-order valence-electron chi connectivity index (χ3n) is 5.43. The van der Waals surface area contributed by atoms with Crippen LogP contribution in [0, 0.1) is 0 Å². The first-order valence-corrected chi connectivity index (χ1v) is 10.1. The molecule has 1 aromatic heterocycles. The van der Waals surface area contributed by atoms with E-state index in [4.69, 9.17) is 0 Å². The van der Waals surface area contributed by atoms with E-state index in [1.165, 1.54) is 18.4 Å². The Hall–Kier alpha value is -1.95. The maximum Gasteiger partial charge on any atom is 0.272 e. The van der Waals surface area contributed by atoms with Crippen LogP contribution >= 0.6 is 15.9 Å². The summed E-state index contributed by atoms with van der Waals surface area (Å²) >= 11 is 3.48. The highest BCUT2D eigenvalue weighted by molar-refractivity contribution is 9.10. The molecule has 2 atom stereocenters. The maximum absolute atomic E-state index is 13.1. The highest BCUT2D eigenvalue weighted by Gasteiger charge is 2.34. The molecule has 2 saturated heterocycles. The summed E-state index contributed by atoms with van der Waals surface area (Å²) in [6.45, 7) is 4.82. The first kappa shape index (κ1) is 17.5. The van der Waals surface area contributed by atoms with E-state index in [0.717, 1.165) is 30.5 Å². The van der Waals surface area contributed by atoms with Crippen molar-refractivity contribution in [3.05, 3.63) is 52.3 Å². The molecule has 0 bridgehead atoms. The quantitative estimate of drug-likeness (QED) is 0.764. The molecule has 2 unspecified atom stereocenters. The SMILES string of the molecule is CC1CC(c2ccc(Br)cc2)CN1C(=O)c1ccnc(N2CCCC2)n1. The molecule has 0 radical (unpaired) electrons. The van der Waals surface area contributed by atoms with Crippen LogP contribution < -0.4 is 4.90 Å². The molecule has 4 rings (SSSR count). The Kier molecular flexibility index (Phi) is 4.94. The zero-order valence-corrected chi connectivity index (χ0v) is 16.5. The van der Waals surface area contributed by atoms with Crippen molar-refractivity contribution in [1.29, 1.82) is 0 Å². The average molecular weight is 415 g/mol. The molecular weight excluding hydrogens is 392 g/mol. The number of hydrogen-bond acceptors (Lipinski definition) is 4. The normalized spacial score (nSPS) is 22.8. The van der Waals surface area contributed by atoms with Gasteiger partial charge in [0.05, 0.1) is 0 Å². The molecule has 136 valence electrons. The predicted molar refractivity (Wildman–Crippen MR) is 105 cm³/mol. The Balaban J connectivity index is 1.51. The van der Waals surface area contributed by atoms with E-state index < -0.39 is 0 Å². The summed E-state index contributed by atoms with van der Waals surface area (Å²) in [5.41, 5.74) is 1.79. The largest absolute Gasteiger partial charge is 0.341 e. The van der Waals surface area contributed by atoms with E-state index in [2.05, 4.69) is 62.0 Å². The van der Waals surface area contributed by atoms with Crippen molar-refractivity contribution in [2.75, 3.05) is 24.5 Å². The summed E-state index contributed by atoms with van der Waals surface area (Å²) in [6.07, 6.45) is 5.03. The zero-order chi connectivity index (χ0) is 18.1. The standard InChI is InChI=1S/C20H23BrN4O/c1-14-12-16(15-4-6-17(21)7-5-15)13-25(14)19(26)18-8-9-22-20(23-18)24-10-2-3-11-24/h4-9,14,16H,2-3,10-13H2,1H3. The summed E-state index contributed by atoms with van der Waals surface area (Å²) in [7, 11) is 0. The smallest absolute Gasteiger partial charge is 0.272 e. The molecule has 5 nitrogen and oxygen atoms in total. The van der Waals surface area contributed by atoms with Crippen molar-refractivity contribution < 1.29 is 4.79 Å². The molecule has 6 heteroatoms. The second-order valence-corrected chi connectivity index (χ2v) is 8.14. The lowest BCUT2D eigenvalue weighted by Crippen LogP contribution is -2.35. The van der Waals surface area contributed by atoms with Gasteiger partial charge in [0, 0.05) is 42.3 Å². The third kappa shape index (κ3) is 3.47. The van der Waals surface area contributed by atoms with Gasteiger partial charge < -0.3 is 9.80 Å². The van der Waals surface area contributed by atoms with Crippen LogP contribution in [0.3, 0.4) is 0 Å². The molecule has 26 heavy (non-hydrogen) atoms. The molecule has 0 saturated carbocycles. The van der Waals surface area contributed by atoms with Gasteiger partial charge in [-0.3, -0.25) is 4.79 Å². The second kappa shape index (κ2) is 7.35. The van der Waals surface area contributed by atoms with Gasteiger partial charge in [-0.2, -0.15) is 0 Å². The summed E-state index contributed by atoms with van der Waals surface area (Å²) < 4.78 is 1.08. The molecule has 0 N–H and O–H groups in total. The molecule has 2 fully saturated rings. The monoisotopic (exact) mass is 414 g/mol. The number of anilines is 1. The lowest BCUT2D eigenvalue weighted by atomic mass is 9.97. The van der Waals surface area contributed by atoms with E-state index in [9.17, 15) is 4.79 Å². The number of hydrogen-bond donors (Lipinski definition) is 0. The van der Waals surface area contributed by atoms with Gasteiger partial charge in [0.15, 0.2) is 0 Å². The number of rotatable bonds is 3. The van der Waals surface area contributed by atoms with E-state index in [1.807, 2.05) is 4.90 Å². The fourth-order valence-electron chi connectivity index (χ4n) is 3.97. The lowest BCUT2D eigenvalue weighted by molar-refractivity contribution is 0.0740. The van der Waals surface area contributed by atoms with Crippen molar-refractivity contribution in [3.8, 4) is 0 Å². The minimum atomic E-state index is 0.0139. The Labute approximate surface area is 162 Å². The highest BCUT2D eigenvalue weighted by atomic mass is 79.9. The topological polar surface area (TPSA) is 49.3 Å². The molecular formula is C20H23BrN4O. The Morgan fingerprint density at radius 1 is 1.15 bits per heavy atom. The van der Waals surface area contributed by atoms with Crippen LogP contribution in [-0.4, -0.2) is 46.5 Å². The van der Waals surface area contributed by atoms with Gasteiger partial charge in [-0.25, -0.2) is 9.97 Å². The van der Waals surface area contributed by atoms with E-state index >= 15 is 0 Å². The van der Waals surface area contributed by atoms with Gasteiger partial charge >= 0.3 is 0 Å². The molecule has 1 aromatic carbocycles. The summed E-state index contributed by atoms with van der Waals surface area (Å²) in [5.74, 6) is 1.08. The van der Waals surface area contributed by atoms with Gasteiger partial charge in [0.2, 0.25) is 5.95 Å². The van der Waals surface area contributed by atoms with Gasteiger partial charge in [-0.15, -0.1) is 0 Å². The van der Waals surface area contributed by atoms with Crippen LogP contribution in [0.4, 0.5) is 5.95 Å². The summed E-state index contributed by atoms with van der Waals surface area (Å²) in [4.78, 5) is 26.1. The molecule has 3 heterocycles. The molecule has 0 aliphatic carbocycles. The van der Waals surface area contributed by atoms with Crippen LogP contribution in [0.2, 0.25) is 0 Å². The number of halogens is 1. The zero-order valence-electron chi connectivity index (χ0n) is 14.9. The number of carbonyl (C=O) groups excluding carboxylic acids is 1. The number of amides is 1. The first-order valence-electron chi connectivity index (χ1n) is 9.26. The van der Waals surface area contributed by atoms with Crippen LogP contribution in [0.25, 0.3) is 0 Å². The number of aromatic nitrogens is 2. The minimum Gasteiger partial charge on any atom is -0.341 e. The average Bonchev–Trinajstić information content (AvgIpc) is 3.32. The van der Waals surface area contributed by atoms with E-state index in [1.54, 1.807) is 12.3 Å². The Morgan fingerprint density at radius 2 is 1.88 bits per heavy atom. The van der Waals surface area contributed by atoms with Crippen molar-refractivity contribution in [2.45, 2.75) is 38.1 Å². The van der Waals surface area contributed by atoms with Gasteiger partial charge in [-0.1, -0.05) is 28.1 Å². The van der Waals surface area contributed by atoms with Crippen LogP contribution in [0.5, 0.6) is 0 Å². The van der Waals surface area contributed by atoms with Crippen LogP contribution in [0.15, 0.2) is 41.0 Å². The number of likely N-dealkylation sites (tertiary alicyclic amines) is 1. The van der Waals surface area contributed by atoms with Crippen molar-refractivity contribution in [2.24, 2.45) is 0 Å².